The number of nitrogens with one attached hydrogen (secondary N) is 1. The third-order valence-electron chi connectivity index (χ3n) is 3.08. The summed E-state index contributed by atoms with van der Waals surface area (Å²) in [5.41, 5.74) is 4.85. The van der Waals surface area contributed by atoms with Gasteiger partial charge in [0.1, 0.15) is 4.90 Å². The maximum atomic E-state index is 14.1. The molecule has 0 aliphatic heterocycles. The van der Waals surface area contributed by atoms with Crippen LogP contribution >= 0.6 is 27.5 Å². The first-order chi connectivity index (χ1) is 8.88. The monoisotopic (exact) mass is 386 g/mol. The van der Waals surface area contributed by atoms with E-state index in [1.165, 1.54) is 0 Å². The number of sulfonamides is 1. The summed E-state index contributed by atoms with van der Waals surface area (Å²) in [5.74, 6) is -1.02. The first-order valence-electron chi connectivity index (χ1n) is 5.83. The molecular formula is C12H17BrClFN2O2S. The fraction of sp³-hybridized carbons (Fsp3) is 0.500. The van der Waals surface area contributed by atoms with Gasteiger partial charge in [-0.1, -0.05) is 32.4 Å². The van der Waals surface area contributed by atoms with Crippen LogP contribution in [-0.4, -0.2) is 14.5 Å². The van der Waals surface area contributed by atoms with Gasteiger partial charge in [0.25, 0.3) is 0 Å². The van der Waals surface area contributed by atoms with Crippen LogP contribution < -0.4 is 10.5 Å². The molecule has 20 heavy (non-hydrogen) atoms. The average Bonchev–Trinajstić information content (AvgIpc) is 2.29. The van der Waals surface area contributed by atoms with E-state index in [0.717, 1.165) is 6.07 Å². The summed E-state index contributed by atoms with van der Waals surface area (Å²) < 4.78 is 41.1. The predicted molar refractivity (Wildman–Crippen MR) is 82.8 cm³/mol. The molecule has 0 amide bonds. The van der Waals surface area contributed by atoms with E-state index in [1.54, 1.807) is 6.92 Å². The zero-order chi connectivity index (χ0) is 15.9. The number of benzene rings is 1. The van der Waals surface area contributed by atoms with Gasteiger partial charge < -0.3 is 5.73 Å². The van der Waals surface area contributed by atoms with Crippen LogP contribution in [0.5, 0.6) is 0 Å². The van der Waals surface area contributed by atoms with Crippen molar-refractivity contribution >= 4 is 43.2 Å². The van der Waals surface area contributed by atoms with Gasteiger partial charge in [-0.05, 0) is 34.3 Å². The molecule has 0 heterocycles. The third-order valence-corrected chi connectivity index (χ3v) is 6.00. The number of halogens is 3. The summed E-state index contributed by atoms with van der Waals surface area (Å²) in [5, 5.41) is 0.0349. The Bertz CT molecular complexity index is 629. The number of nitrogens with two attached hydrogens (primary N) is 1. The van der Waals surface area contributed by atoms with Crippen LogP contribution in [0, 0.1) is 11.2 Å². The smallest absolute Gasteiger partial charge is 0.243 e. The van der Waals surface area contributed by atoms with Crippen molar-refractivity contribution in [1.29, 1.82) is 0 Å². The lowest BCUT2D eigenvalue weighted by Crippen LogP contribution is -2.41. The van der Waals surface area contributed by atoms with Crippen molar-refractivity contribution in [2.24, 2.45) is 5.41 Å². The number of nitrogen functional groups attached to an aromatic ring is 1. The van der Waals surface area contributed by atoms with E-state index in [9.17, 15) is 12.8 Å². The summed E-state index contributed by atoms with van der Waals surface area (Å²) in [6, 6.07) is 0.644. The zero-order valence-corrected chi connectivity index (χ0v) is 14.7. The summed E-state index contributed by atoms with van der Waals surface area (Å²) in [4.78, 5) is -0.556. The van der Waals surface area contributed by atoms with Crippen LogP contribution in [0.25, 0.3) is 0 Å². The Kier molecular flexibility index (Phi) is 5.12. The molecule has 0 aliphatic carbocycles. The maximum Gasteiger partial charge on any atom is 0.243 e. The normalized spacial score (nSPS) is 14.3. The molecule has 1 aromatic carbocycles. The Labute approximate surface area is 132 Å². The third kappa shape index (κ3) is 3.63. The molecule has 0 aliphatic rings. The molecule has 0 radical (unpaired) electrons. The van der Waals surface area contributed by atoms with E-state index in [0.29, 0.717) is 0 Å². The van der Waals surface area contributed by atoms with E-state index in [2.05, 4.69) is 20.7 Å². The standard InChI is InChI=1S/C12H17BrClFN2O2S/c1-6(12(2,3)4)17-20(18,19)8-5-7(14)9(13)11(16)10(8)15/h5-6,17H,16H2,1-4H3. The van der Waals surface area contributed by atoms with Crippen molar-refractivity contribution in [3.63, 3.8) is 0 Å². The minimum absolute atomic E-state index is 0.0349. The van der Waals surface area contributed by atoms with Gasteiger partial charge in [0.15, 0.2) is 5.82 Å². The van der Waals surface area contributed by atoms with Gasteiger partial charge in [0.05, 0.1) is 15.2 Å². The lowest BCUT2D eigenvalue weighted by Gasteiger charge is -2.28. The number of hydrogen-bond donors (Lipinski definition) is 2. The number of rotatable bonds is 3. The van der Waals surface area contributed by atoms with Gasteiger partial charge in [0.2, 0.25) is 10.0 Å². The van der Waals surface area contributed by atoms with Crippen LogP contribution in [-0.2, 0) is 10.0 Å². The highest BCUT2D eigenvalue weighted by molar-refractivity contribution is 9.10. The van der Waals surface area contributed by atoms with E-state index in [4.69, 9.17) is 17.3 Å². The quantitative estimate of drug-likeness (QED) is 0.615. The second-order valence-electron chi connectivity index (χ2n) is 5.61. The molecule has 4 nitrogen and oxygen atoms in total. The summed E-state index contributed by atoms with van der Waals surface area (Å²) in [6.45, 7) is 7.33. The van der Waals surface area contributed by atoms with Crippen molar-refractivity contribution in [1.82, 2.24) is 4.72 Å². The molecule has 8 heteroatoms. The fourth-order valence-corrected chi connectivity index (χ4v) is 3.40. The molecule has 0 spiro atoms. The molecule has 0 saturated carbocycles. The maximum absolute atomic E-state index is 14.1. The van der Waals surface area contributed by atoms with Gasteiger partial charge in [-0.15, -0.1) is 0 Å². The van der Waals surface area contributed by atoms with Gasteiger partial charge in [-0.25, -0.2) is 17.5 Å². The van der Waals surface area contributed by atoms with E-state index >= 15 is 0 Å². The van der Waals surface area contributed by atoms with Crippen LogP contribution in [0.4, 0.5) is 10.1 Å². The molecule has 1 aromatic rings. The average molecular weight is 388 g/mol. The molecular weight excluding hydrogens is 371 g/mol. The van der Waals surface area contributed by atoms with Crippen molar-refractivity contribution < 1.29 is 12.8 Å². The molecule has 0 saturated heterocycles. The minimum atomic E-state index is -4.05. The van der Waals surface area contributed by atoms with Gasteiger partial charge in [-0.2, -0.15) is 0 Å². The zero-order valence-electron chi connectivity index (χ0n) is 11.6. The predicted octanol–water partition coefficient (Wildman–Crippen LogP) is 3.54. The van der Waals surface area contributed by atoms with Crippen molar-refractivity contribution in [3.05, 3.63) is 21.4 Å². The SMILES string of the molecule is CC(NS(=O)(=O)c1cc(Cl)c(Br)c(N)c1F)C(C)(C)C. The Morgan fingerprint density at radius 2 is 1.95 bits per heavy atom. The fourth-order valence-electron chi connectivity index (χ4n) is 1.27. The van der Waals surface area contributed by atoms with E-state index in [1.807, 2.05) is 20.8 Å². The Balaban J connectivity index is 3.31. The van der Waals surface area contributed by atoms with Crippen molar-refractivity contribution in [3.8, 4) is 0 Å². The Morgan fingerprint density at radius 1 is 1.45 bits per heavy atom. The summed E-state index contributed by atoms with van der Waals surface area (Å²) >= 11 is 8.84. The molecule has 0 aromatic heterocycles. The highest BCUT2D eigenvalue weighted by Gasteiger charge is 2.29. The Hall–Kier alpha value is -0.370. The van der Waals surface area contributed by atoms with Crippen LogP contribution in [0.1, 0.15) is 27.7 Å². The Morgan fingerprint density at radius 3 is 2.40 bits per heavy atom. The van der Waals surface area contributed by atoms with E-state index in [-0.39, 0.29) is 20.6 Å². The van der Waals surface area contributed by atoms with E-state index < -0.39 is 26.8 Å². The lowest BCUT2D eigenvalue weighted by molar-refractivity contribution is 0.317. The molecule has 1 rings (SSSR count). The molecule has 1 atom stereocenters. The highest BCUT2D eigenvalue weighted by Crippen LogP contribution is 2.35. The van der Waals surface area contributed by atoms with Gasteiger partial charge in [-0.3, -0.25) is 0 Å². The topological polar surface area (TPSA) is 72.2 Å². The number of anilines is 1. The van der Waals surface area contributed by atoms with Crippen LogP contribution in [0.2, 0.25) is 5.02 Å². The molecule has 3 N–H and O–H groups in total. The molecule has 0 bridgehead atoms. The second-order valence-corrected chi connectivity index (χ2v) is 8.49. The largest absolute Gasteiger partial charge is 0.395 e. The molecule has 114 valence electrons. The molecule has 0 fully saturated rings. The minimum Gasteiger partial charge on any atom is -0.395 e. The highest BCUT2D eigenvalue weighted by atomic mass is 79.9. The van der Waals surface area contributed by atoms with Crippen LogP contribution in [0.15, 0.2) is 15.4 Å². The van der Waals surface area contributed by atoms with Gasteiger partial charge in [0, 0.05) is 6.04 Å². The second kappa shape index (κ2) is 5.79. The first kappa shape index (κ1) is 17.7. The summed E-state index contributed by atoms with van der Waals surface area (Å²) in [7, 11) is -4.05. The molecule has 1 unspecified atom stereocenters. The lowest BCUT2D eigenvalue weighted by atomic mass is 9.89. The van der Waals surface area contributed by atoms with Crippen LogP contribution in [0.3, 0.4) is 0 Å². The van der Waals surface area contributed by atoms with Crippen molar-refractivity contribution in [2.45, 2.75) is 38.6 Å². The van der Waals surface area contributed by atoms with Crippen molar-refractivity contribution in [2.75, 3.05) is 5.73 Å². The summed E-state index contributed by atoms with van der Waals surface area (Å²) in [6.07, 6.45) is 0. The first-order valence-corrected chi connectivity index (χ1v) is 8.48. The van der Waals surface area contributed by atoms with Gasteiger partial charge >= 0.3 is 0 Å². The number of hydrogen-bond acceptors (Lipinski definition) is 3.